The van der Waals surface area contributed by atoms with Crippen LogP contribution in [0.1, 0.15) is 5.56 Å². The number of rotatable bonds is 7. The normalized spacial score (nSPS) is 10.3. The highest BCUT2D eigenvalue weighted by molar-refractivity contribution is 9.09. The molecule has 0 aliphatic heterocycles. The Balaban J connectivity index is 1.87. The van der Waals surface area contributed by atoms with Crippen molar-refractivity contribution in [1.82, 2.24) is 0 Å². The van der Waals surface area contributed by atoms with E-state index >= 15 is 0 Å². The number of hydrogen-bond acceptors (Lipinski definition) is 2. The standard InChI is InChI=1S/C17H18BrNO2/c18-13-17(20)19(16-9-5-2-6-10-16)11-12-21-14-15-7-3-1-4-8-15/h1-10H,11-14H2. The van der Waals surface area contributed by atoms with E-state index in [4.69, 9.17) is 4.74 Å². The molecule has 2 rings (SSSR count). The van der Waals surface area contributed by atoms with Crippen LogP contribution in [0.5, 0.6) is 0 Å². The Morgan fingerprint density at radius 2 is 1.62 bits per heavy atom. The fourth-order valence-electron chi connectivity index (χ4n) is 2.00. The molecule has 0 aromatic heterocycles. The van der Waals surface area contributed by atoms with Crippen LogP contribution in [0, 0.1) is 0 Å². The minimum atomic E-state index is 0.0320. The Kier molecular flexibility index (Phi) is 6.44. The summed E-state index contributed by atoms with van der Waals surface area (Å²) in [7, 11) is 0. The molecule has 0 atom stereocenters. The molecule has 0 fully saturated rings. The third kappa shape index (κ3) is 4.99. The van der Waals surface area contributed by atoms with Crippen LogP contribution >= 0.6 is 15.9 Å². The van der Waals surface area contributed by atoms with Crippen molar-refractivity contribution < 1.29 is 9.53 Å². The van der Waals surface area contributed by atoms with E-state index in [0.29, 0.717) is 25.1 Å². The van der Waals surface area contributed by atoms with Gasteiger partial charge in [0.1, 0.15) is 0 Å². The van der Waals surface area contributed by atoms with Crippen molar-refractivity contribution in [3.8, 4) is 0 Å². The van der Waals surface area contributed by atoms with Gasteiger partial charge in [0.05, 0.1) is 18.5 Å². The van der Waals surface area contributed by atoms with E-state index in [2.05, 4.69) is 15.9 Å². The Morgan fingerprint density at radius 3 is 2.24 bits per heavy atom. The molecule has 0 saturated heterocycles. The van der Waals surface area contributed by atoms with Gasteiger partial charge in [0.2, 0.25) is 5.91 Å². The van der Waals surface area contributed by atoms with Crippen LogP contribution < -0.4 is 4.90 Å². The van der Waals surface area contributed by atoms with Gasteiger partial charge < -0.3 is 9.64 Å². The second-order valence-corrected chi connectivity index (χ2v) is 5.11. The maximum Gasteiger partial charge on any atom is 0.237 e. The van der Waals surface area contributed by atoms with Gasteiger partial charge in [-0.2, -0.15) is 0 Å². The molecule has 0 bridgehead atoms. The average Bonchev–Trinajstić information content (AvgIpc) is 2.56. The third-order valence-corrected chi connectivity index (χ3v) is 3.53. The molecule has 0 N–H and O–H groups in total. The van der Waals surface area contributed by atoms with E-state index in [1.54, 1.807) is 4.90 Å². The van der Waals surface area contributed by atoms with Crippen molar-refractivity contribution in [2.45, 2.75) is 6.61 Å². The first-order valence-corrected chi connectivity index (χ1v) is 7.96. The van der Waals surface area contributed by atoms with E-state index in [1.165, 1.54) is 0 Å². The molecule has 0 spiro atoms. The highest BCUT2D eigenvalue weighted by atomic mass is 79.9. The van der Waals surface area contributed by atoms with Gasteiger partial charge in [-0.15, -0.1) is 0 Å². The number of carbonyl (C=O) groups is 1. The lowest BCUT2D eigenvalue weighted by Crippen LogP contribution is -2.34. The molecule has 3 nitrogen and oxygen atoms in total. The van der Waals surface area contributed by atoms with Gasteiger partial charge in [-0.3, -0.25) is 4.79 Å². The number of anilines is 1. The number of hydrogen-bond donors (Lipinski definition) is 0. The van der Waals surface area contributed by atoms with Gasteiger partial charge >= 0.3 is 0 Å². The summed E-state index contributed by atoms with van der Waals surface area (Å²) in [6.07, 6.45) is 0. The summed E-state index contributed by atoms with van der Waals surface area (Å²) in [6, 6.07) is 19.7. The fraction of sp³-hybridized carbons (Fsp3) is 0.235. The number of carbonyl (C=O) groups excluding carboxylic acids is 1. The number of amides is 1. The quantitative estimate of drug-likeness (QED) is 0.565. The van der Waals surface area contributed by atoms with Crippen LogP contribution in [-0.4, -0.2) is 24.4 Å². The summed E-state index contributed by atoms with van der Waals surface area (Å²) < 4.78 is 5.66. The highest BCUT2D eigenvalue weighted by Gasteiger charge is 2.13. The molecule has 0 aliphatic rings. The number of nitrogens with zero attached hydrogens (tertiary/aromatic N) is 1. The van der Waals surface area contributed by atoms with Gasteiger partial charge in [0.15, 0.2) is 0 Å². The summed E-state index contributed by atoms with van der Waals surface area (Å²) in [5.41, 5.74) is 2.03. The summed E-state index contributed by atoms with van der Waals surface area (Å²) in [4.78, 5) is 13.7. The minimum absolute atomic E-state index is 0.0320. The predicted molar refractivity (Wildman–Crippen MR) is 88.7 cm³/mol. The third-order valence-electron chi connectivity index (χ3n) is 3.05. The largest absolute Gasteiger partial charge is 0.375 e. The predicted octanol–water partition coefficient (Wildman–Crippen LogP) is 3.63. The van der Waals surface area contributed by atoms with Gasteiger partial charge in [0, 0.05) is 12.2 Å². The maximum atomic E-state index is 12.0. The maximum absolute atomic E-state index is 12.0. The molecule has 0 radical (unpaired) electrons. The number of benzene rings is 2. The molecule has 1 amide bonds. The van der Waals surface area contributed by atoms with Crippen LogP contribution in [0.4, 0.5) is 5.69 Å². The first-order chi connectivity index (χ1) is 10.3. The molecule has 0 saturated carbocycles. The number of alkyl halides is 1. The molecule has 0 aliphatic carbocycles. The van der Waals surface area contributed by atoms with Gasteiger partial charge in [-0.05, 0) is 17.7 Å². The number of para-hydroxylation sites is 1. The summed E-state index contributed by atoms with van der Waals surface area (Å²) >= 11 is 3.23. The van der Waals surface area contributed by atoms with Crippen molar-refractivity contribution in [2.75, 3.05) is 23.4 Å². The Labute approximate surface area is 133 Å². The zero-order valence-corrected chi connectivity index (χ0v) is 13.3. The molecule has 0 heterocycles. The van der Waals surface area contributed by atoms with Crippen LogP contribution in [0.2, 0.25) is 0 Å². The molecule has 2 aromatic carbocycles. The molecular weight excluding hydrogens is 330 g/mol. The Bertz CT molecular complexity index is 545. The van der Waals surface area contributed by atoms with Crippen molar-refractivity contribution in [3.63, 3.8) is 0 Å². The molecule has 4 heteroatoms. The number of ether oxygens (including phenoxy) is 1. The Hall–Kier alpha value is -1.65. The smallest absolute Gasteiger partial charge is 0.237 e. The lowest BCUT2D eigenvalue weighted by molar-refractivity contribution is -0.116. The van der Waals surface area contributed by atoms with Crippen LogP contribution in [-0.2, 0) is 16.1 Å². The minimum Gasteiger partial charge on any atom is -0.375 e. The number of halogens is 1. The van der Waals surface area contributed by atoms with E-state index in [9.17, 15) is 4.79 Å². The lowest BCUT2D eigenvalue weighted by atomic mass is 10.2. The van der Waals surface area contributed by atoms with Gasteiger partial charge in [-0.1, -0.05) is 64.5 Å². The molecule has 110 valence electrons. The van der Waals surface area contributed by atoms with Crippen LogP contribution in [0.3, 0.4) is 0 Å². The second-order valence-electron chi connectivity index (χ2n) is 4.55. The van der Waals surface area contributed by atoms with Gasteiger partial charge in [0.25, 0.3) is 0 Å². The molecule has 0 unspecified atom stereocenters. The van der Waals surface area contributed by atoms with Crippen LogP contribution in [0.15, 0.2) is 60.7 Å². The van der Waals surface area contributed by atoms with E-state index in [0.717, 1.165) is 11.3 Å². The van der Waals surface area contributed by atoms with Crippen molar-refractivity contribution in [1.29, 1.82) is 0 Å². The highest BCUT2D eigenvalue weighted by Crippen LogP contribution is 2.14. The van der Waals surface area contributed by atoms with Crippen molar-refractivity contribution in [3.05, 3.63) is 66.2 Å². The van der Waals surface area contributed by atoms with Crippen LogP contribution in [0.25, 0.3) is 0 Å². The molecular formula is C17H18BrNO2. The fourth-order valence-corrected chi connectivity index (χ4v) is 2.30. The lowest BCUT2D eigenvalue weighted by Gasteiger charge is -2.22. The monoisotopic (exact) mass is 347 g/mol. The topological polar surface area (TPSA) is 29.5 Å². The summed E-state index contributed by atoms with van der Waals surface area (Å²) in [5.74, 6) is 0.0320. The zero-order valence-electron chi connectivity index (χ0n) is 11.7. The first kappa shape index (κ1) is 15.7. The molecule has 2 aromatic rings. The Morgan fingerprint density at radius 1 is 1.00 bits per heavy atom. The SMILES string of the molecule is O=C(CBr)N(CCOCc1ccccc1)c1ccccc1. The zero-order chi connectivity index (χ0) is 14.9. The van der Waals surface area contributed by atoms with Gasteiger partial charge in [-0.25, -0.2) is 0 Å². The average molecular weight is 348 g/mol. The summed E-state index contributed by atoms with van der Waals surface area (Å²) in [6.45, 7) is 1.61. The first-order valence-electron chi connectivity index (χ1n) is 6.84. The van der Waals surface area contributed by atoms with Crippen molar-refractivity contribution >= 4 is 27.5 Å². The molecule has 21 heavy (non-hydrogen) atoms. The van der Waals surface area contributed by atoms with E-state index in [-0.39, 0.29) is 5.91 Å². The van der Waals surface area contributed by atoms with E-state index < -0.39 is 0 Å². The van der Waals surface area contributed by atoms with E-state index in [1.807, 2.05) is 60.7 Å². The van der Waals surface area contributed by atoms with Crippen molar-refractivity contribution in [2.24, 2.45) is 0 Å². The summed E-state index contributed by atoms with van der Waals surface area (Å²) in [5, 5.41) is 0.306. The second kappa shape index (κ2) is 8.60.